The molecular formula is C50H74Br2N2O4S2. The zero-order valence-electron chi connectivity index (χ0n) is 37.4. The lowest BCUT2D eigenvalue weighted by Crippen LogP contribution is -2.40. The zero-order chi connectivity index (χ0) is 43.3. The molecule has 0 bridgehead atoms. The first-order valence-corrected chi connectivity index (χ1v) is 27.2. The van der Waals surface area contributed by atoms with Crippen LogP contribution in [0, 0.1) is 11.8 Å². The minimum Gasteiger partial charge on any atom is -0.274 e. The topological polar surface area (TPSA) is 74.8 Å². The van der Waals surface area contributed by atoms with Gasteiger partial charge in [-0.1, -0.05) is 182 Å². The molecule has 2 aromatic heterocycles. The van der Waals surface area contributed by atoms with Crippen LogP contribution >= 0.6 is 54.5 Å². The van der Waals surface area contributed by atoms with Gasteiger partial charge in [0.2, 0.25) is 11.8 Å². The largest absolute Gasteiger partial charge is 0.274 e. The molecule has 334 valence electrons. The molecule has 2 aliphatic rings. The molecule has 0 spiro atoms. The quantitative estimate of drug-likeness (QED) is 0.0685. The molecule has 2 atom stereocenters. The highest BCUT2D eigenvalue weighted by Crippen LogP contribution is 2.50. The minimum atomic E-state index is -0.477. The summed E-state index contributed by atoms with van der Waals surface area (Å²) in [5.41, 5.74) is 1.09. The van der Waals surface area contributed by atoms with Crippen molar-refractivity contribution in [1.82, 2.24) is 9.80 Å². The molecule has 0 saturated heterocycles. The van der Waals surface area contributed by atoms with E-state index in [0.29, 0.717) is 21.1 Å². The molecule has 0 N–H and O–H groups in total. The second kappa shape index (κ2) is 28.0. The summed E-state index contributed by atoms with van der Waals surface area (Å²) in [5.74, 6) is -2.03. The molecule has 4 heterocycles. The third kappa shape index (κ3) is 14.6. The Balaban J connectivity index is 1.70. The zero-order valence-corrected chi connectivity index (χ0v) is 42.2. The number of unbranched alkanes of at least 4 members (excludes halogenated alkanes) is 20. The Morgan fingerprint density at radius 3 is 0.983 bits per heavy atom. The molecule has 2 unspecified atom stereocenters. The first kappa shape index (κ1) is 50.8. The van der Waals surface area contributed by atoms with E-state index in [9.17, 15) is 0 Å². The van der Waals surface area contributed by atoms with E-state index in [2.05, 4.69) is 59.6 Å². The maximum absolute atomic E-state index is 15.2. The Bertz CT molecular complexity index is 1600. The van der Waals surface area contributed by atoms with E-state index in [4.69, 9.17) is 0 Å². The molecule has 4 amide bonds. The van der Waals surface area contributed by atoms with Crippen LogP contribution in [0.25, 0.3) is 11.4 Å². The van der Waals surface area contributed by atoms with Gasteiger partial charge in [-0.15, -0.1) is 22.7 Å². The van der Waals surface area contributed by atoms with Crippen molar-refractivity contribution in [3.63, 3.8) is 0 Å². The van der Waals surface area contributed by atoms with Crippen molar-refractivity contribution in [2.75, 3.05) is 0 Å². The minimum absolute atomic E-state index is 0.198. The second-order valence-electron chi connectivity index (χ2n) is 17.2. The van der Waals surface area contributed by atoms with Crippen LogP contribution in [0.4, 0.5) is 0 Å². The van der Waals surface area contributed by atoms with Crippen LogP contribution in [0.1, 0.15) is 217 Å². The van der Waals surface area contributed by atoms with Crippen molar-refractivity contribution < 1.29 is 19.2 Å². The third-order valence-corrected chi connectivity index (χ3v) is 15.6. The number of thiophene rings is 2. The number of amides is 4. The Morgan fingerprint density at radius 1 is 0.450 bits per heavy atom. The molecule has 0 radical (unpaired) electrons. The number of halogens is 2. The van der Waals surface area contributed by atoms with E-state index in [1.54, 1.807) is 0 Å². The predicted octanol–water partition coefficient (Wildman–Crippen LogP) is 16.4. The van der Waals surface area contributed by atoms with E-state index >= 15 is 19.2 Å². The highest BCUT2D eigenvalue weighted by Gasteiger charge is 2.54. The van der Waals surface area contributed by atoms with Crippen molar-refractivity contribution in [2.45, 2.75) is 207 Å². The molecule has 0 saturated carbocycles. The fraction of sp³-hybridized carbons (Fsp3) is 0.680. The predicted molar refractivity (Wildman–Crippen MR) is 261 cm³/mol. The Morgan fingerprint density at radius 2 is 0.717 bits per heavy atom. The third-order valence-electron chi connectivity index (χ3n) is 12.4. The molecule has 0 aliphatic carbocycles. The van der Waals surface area contributed by atoms with Gasteiger partial charge in [0, 0.05) is 11.8 Å². The van der Waals surface area contributed by atoms with Gasteiger partial charge in [0.25, 0.3) is 11.8 Å². The van der Waals surface area contributed by atoms with E-state index in [-0.39, 0.29) is 34.8 Å². The van der Waals surface area contributed by atoms with Gasteiger partial charge in [0.15, 0.2) is 0 Å². The molecule has 6 nitrogen and oxygen atoms in total. The van der Waals surface area contributed by atoms with E-state index in [1.807, 2.05) is 24.3 Å². The summed E-state index contributed by atoms with van der Waals surface area (Å²) in [4.78, 5) is 64.4. The van der Waals surface area contributed by atoms with Crippen molar-refractivity contribution in [2.24, 2.45) is 11.8 Å². The summed E-state index contributed by atoms with van der Waals surface area (Å²) in [6.45, 7) is 8.86. The van der Waals surface area contributed by atoms with Crippen molar-refractivity contribution in [3.05, 3.63) is 52.7 Å². The molecule has 0 aromatic carbocycles. The number of nitrogens with zero attached hydrogens (tertiary/aromatic N) is 2. The van der Waals surface area contributed by atoms with Gasteiger partial charge in [-0.3, -0.25) is 19.2 Å². The first-order chi connectivity index (χ1) is 29.2. The van der Waals surface area contributed by atoms with Gasteiger partial charge in [0.1, 0.15) is 0 Å². The smallest absolute Gasteiger partial charge is 0.268 e. The number of imide groups is 2. The van der Waals surface area contributed by atoms with Crippen molar-refractivity contribution in [3.8, 4) is 0 Å². The highest BCUT2D eigenvalue weighted by atomic mass is 79.9. The fourth-order valence-electron chi connectivity index (χ4n) is 8.91. The van der Waals surface area contributed by atoms with Gasteiger partial charge in [-0.25, -0.2) is 9.80 Å². The monoisotopic (exact) mass is 988 g/mol. The van der Waals surface area contributed by atoms with Gasteiger partial charge in [0.05, 0.1) is 39.9 Å². The normalized spacial score (nSPS) is 15.2. The Hall–Kier alpha value is -1.88. The van der Waals surface area contributed by atoms with Gasteiger partial charge in [-0.2, -0.15) is 0 Å². The Kier molecular flexibility index (Phi) is 23.7. The fourth-order valence-corrected chi connectivity index (χ4v) is 11.8. The molecule has 10 heteroatoms. The SMILES string of the molecule is CCCCCCCCCCC(CCCCCC)C(=O)N1C(=O)C2=C(c3ccc(Br)s3)N(C(=O)C(CCCCCC)CCCCCCCCCC)C(=O)C2=C1c1ccc(Br)s1. The summed E-state index contributed by atoms with van der Waals surface area (Å²) < 4.78 is 1.69. The summed E-state index contributed by atoms with van der Waals surface area (Å²) in [6, 6.07) is 7.59. The Labute approximate surface area is 388 Å². The van der Waals surface area contributed by atoms with E-state index in [0.717, 1.165) is 123 Å². The van der Waals surface area contributed by atoms with Crippen molar-refractivity contribution in [1.29, 1.82) is 0 Å². The lowest BCUT2D eigenvalue weighted by atomic mass is 9.92. The molecule has 0 fully saturated rings. The molecular weight excluding hydrogens is 917 g/mol. The summed E-state index contributed by atoms with van der Waals surface area (Å²) in [5, 5.41) is 0. The first-order valence-electron chi connectivity index (χ1n) is 24.0. The summed E-state index contributed by atoms with van der Waals surface area (Å²) >= 11 is 10.1. The lowest BCUT2D eigenvalue weighted by Gasteiger charge is -2.27. The number of hydrogen-bond donors (Lipinski definition) is 0. The van der Waals surface area contributed by atoms with Gasteiger partial charge in [-0.05, 0) is 81.8 Å². The van der Waals surface area contributed by atoms with Crippen LogP contribution in [0.2, 0.25) is 0 Å². The van der Waals surface area contributed by atoms with Crippen LogP contribution in [-0.2, 0) is 19.2 Å². The number of carbonyl (C=O) groups is 4. The number of fused-ring (bicyclic) bond motifs is 1. The second-order valence-corrected chi connectivity index (χ2v) is 22.2. The van der Waals surface area contributed by atoms with Crippen LogP contribution in [0.5, 0.6) is 0 Å². The van der Waals surface area contributed by atoms with Crippen LogP contribution in [0.15, 0.2) is 43.0 Å². The maximum Gasteiger partial charge on any atom is 0.268 e. The molecule has 4 rings (SSSR count). The number of hydrogen-bond acceptors (Lipinski definition) is 6. The number of carbonyl (C=O) groups excluding carboxylic acids is 4. The van der Waals surface area contributed by atoms with Gasteiger partial charge < -0.3 is 0 Å². The summed E-state index contributed by atoms with van der Waals surface area (Å²) in [7, 11) is 0. The van der Waals surface area contributed by atoms with E-state index in [1.165, 1.54) is 96.7 Å². The highest BCUT2D eigenvalue weighted by molar-refractivity contribution is 9.11. The lowest BCUT2D eigenvalue weighted by molar-refractivity contribution is -0.141. The van der Waals surface area contributed by atoms with Gasteiger partial charge >= 0.3 is 0 Å². The molecule has 2 aliphatic heterocycles. The molecule has 60 heavy (non-hydrogen) atoms. The average Bonchev–Trinajstić information content (AvgIpc) is 4.01. The standard InChI is InChI=1S/C50H74Br2N2O4S2/c1-5-9-13-17-19-21-23-27-31-37(29-25-15-11-7-3)47(55)53-45(39-33-35-41(51)59-39)43-44(49(53)57)46(40-34-36-42(52)60-40)54(50(43)58)48(56)38(30-26-16-12-8-4)32-28-24-22-20-18-14-10-6-2/h33-38H,5-32H2,1-4H3. The summed E-state index contributed by atoms with van der Waals surface area (Å²) in [6.07, 6.45) is 30.2. The number of rotatable bonds is 32. The van der Waals surface area contributed by atoms with Crippen LogP contribution in [0.3, 0.4) is 0 Å². The average molecular weight is 991 g/mol. The van der Waals surface area contributed by atoms with Crippen LogP contribution < -0.4 is 0 Å². The van der Waals surface area contributed by atoms with Crippen molar-refractivity contribution >= 4 is 89.6 Å². The maximum atomic E-state index is 15.2. The van der Waals surface area contributed by atoms with E-state index < -0.39 is 11.8 Å². The van der Waals surface area contributed by atoms with Crippen LogP contribution in [-0.4, -0.2) is 33.4 Å². The molecule has 2 aromatic rings.